The van der Waals surface area contributed by atoms with Crippen LogP contribution in [-0.4, -0.2) is 21.7 Å². The van der Waals surface area contributed by atoms with Crippen LogP contribution in [0.1, 0.15) is 22.5 Å². The lowest BCUT2D eigenvalue weighted by molar-refractivity contribution is 0.284. The Hall–Kier alpha value is -3.94. The van der Waals surface area contributed by atoms with Crippen molar-refractivity contribution in [3.63, 3.8) is 0 Å². The van der Waals surface area contributed by atoms with Crippen LogP contribution in [0.15, 0.2) is 77.6 Å². The normalized spacial score (nSPS) is 12.0. The molecule has 2 aromatic heterocycles. The van der Waals surface area contributed by atoms with Gasteiger partial charge in [-0.3, -0.25) is 4.79 Å². The van der Waals surface area contributed by atoms with Crippen LogP contribution in [0.3, 0.4) is 0 Å². The molecule has 0 spiro atoms. The van der Waals surface area contributed by atoms with E-state index in [0.717, 1.165) is 16.7 Å². The lowest BCUT2D eigenvalue weighted by atomic mass is 10.2. The second-order valence-corrected chi connectivity index (χ2v) is 9.10. The molecule has 5 rings (SSSR count). The quantitative estimate of drug-likeness (QED) is 0.310. The summed E-state index contributed by atoms with van der Waals surface area (Å²) in [4.78, 5) is 17.9. The first kappa shape index (κ1) is 22.8. The lowest BCUT2D eigenvalue weighted by Gasteiger charge is -2.11. The van der Waals surface area contributed by atoms with Gasteiger partial charge in [-0.1, -0.05) is 77.5 Å². The molecule has 0 aliphatic heterocycles. The van der Waals surface area contributed by atoms with Gasteiger partial charge < -0.3 is 9.47 Å². The number of thiazole rings is 1. The Kier molecular flexibility index (Phi) is 6.61. The van der Waals surface area contributed by atoms with Crippen molar-refractivity contribution in [1.29, 1.82) is 0 Å². The van der Waals surface area contributed by atoms with E-state index < -0.39 is 0 Å². The minimum atomic E-state index is -0.216. The summed E-state index contributed by atoms with van der Waals surface area (Å²) in [5.74, 6) is 1.70. The summed E-state index contributed by atoms with van der Waals surface area (Å²) >= 11 is 7.20. The van der Waals surface area contributed by atoms with Crippen LogP contribution in [0.25, 0.3) is 23.2 Å². The molecular weight excluding hydrogens is 482 g/mol. The first-order valence-electron chi connectivity index (χ1n) is 10.8. The molecule has 174 valence electrons. The summed E-state index contributed by atoms with van der Waals surface area (Å²) in [6.07, 6.45) is 5.45. The Balaban J connectivity index is 1.37. The molecule has 5 aromatic rings. The third kappa shape index (κ3) is 5.26. The first-order valence-corrected chi connectivity index (χ1v) is 12.0. The third-order valence-corrected chi connectivity index (χ3v) is 6.43. The predicted octanol–water partition coefficient (Wildman–Crippen LogP) is 5.11. The smallest absolute Gasteiger partial charge is 0.291 e. The van der Waals surface area contributed by atoms with Crippen LogP contribution in [-0.2, 0) is 6.61 Å². The SMILES string of the molecule is COc1cc(/C=c2\sc3nc(/C=C/c4ccc(Cl)cc4)nn3c2=O)ccc1OCc1ccccc1. The second-order valence-electron chi connectivity index (χ2n) is 7.65. The van der Waals surface area contributed by atoms with E-state index in [-0.39, 0.29) is 5.56 Å². The number of hydrogen-bond donors (Lipinski definition) is 0. The minimum Gasteiger partial charge on any atom is -0.493 e. The molecule has 0 amide bonds. The van der Waals surface area contributed by atoms with Crippen molar-refractivity contribution in [2.45, 2.75) is 6.61 Å². The number of ether oxygens (including phenoxy) is 2. The Bertz CT molecular complexity index is 1610. The van der Waals surface area contributed by atoms with E-state index in [2.05, 4.69) is 10.1 Å². The molecule has 0 saturated heterocycles. The molecule has 0 N–H and O–H groups in total. The lowest BCUT2D eigenvalue weighted by Crippen LogP contribution is -2.23. The molecule has 0 radical (unpaired) electrons. The molecule has 0 atom stereocenters. The summed E-state index contributed by atoms with van der Waals surface area (Å²) in [6.45, 7) is 0.438. The molecule has 0 aliphatic rings. The maximum Gasteiger partial charge on any atom is 0.291 e. The minimum absolute atomic E-state index is 0.216. The molecular formula is C27H20ClN3O3S. The Labute approximate surface area is 210 Å². The fourth-order valence-electron chi connectivity index (χ4n) is 3.44. The van der Waals surface area contributed by atoms with Crippen molar-refractivity contribution in [3.8, 4) is 11.5 Å². The average Bonchev–Trinajstić information content (AvgIpc) is 3.41. The van der Waals surface area contributed by atoms with Gasteiger partial charge in [-0.15, -0.1) is 5.10 Å². The van der Waals surface area contributed by atoms with Crippen LogP contribution < -0.4 is 19.6 Å². The highest BCUT2D eigenvalue weighted by molar-refractivity contribution is 7.15. The van der Waals surface area contributed by atoms with Gasteiger partial charge in [0.25, 0.3) is 5.56 Å². The third-order valence-electron chi connectivity index (χ3n) is 5.22. The number of fused-ring (bicyclic) bond motifs is 1. The number of rotatable bonds is 7. The summed E-state index contributed by atoms with van der Waals surface area (Å²) in [7, 11) is 1.59. The number of hydrogen-bond acceptors (Lipinski definition) is 6. The van der Waals surface area contributed by atoms with Crippen molar-refractivity contribution in [1.82, 2.24) is 14.6 Å². The van der Waals surface area contributed by atoms with E-state index in [1.807, 2.05) is 78.9 Å². The monoisotopic (exact) mass is 501 g/mol. The van der Waals surface area contributed by atoms with E-state index in [0.29, 0.717) is 38.4 Å². The van der Waals surface area contributed by atoms with Gasteiger partial charge >= 0.3 is 0 Å². The highest BCUT2D eigenvalue weighted by atomic mass is 35.5. The van der Waals surface area contributed by atoms with Crippen LogP contribution in [0, 0.1) is 0 Å². The van der Waals surface area contributed by atoms with E-state index in [1.165, 1.54) is 15.9 Å². The zero-order valence-corrected chi connectivity index (χ0v) is 20.3. The summed E-state index contributed by atoms with van der Waals surface area (Å²) in [6, 6.07) is 22.9. The Morgan fingerprint density at radius 2 is 1.74 bits per heavy atom. The number of methoxy groups -OCH3 is 1. The van der Waals surface area contributed by atoms with Gasteiger partial charge in [0.1, 0.15) is 6.61 Å². The summed E-state index contributed by atoms with van der Waals surface area (Å²) in [5.41, 5.74) is 2.64. The van der Waals surface area contributed by atoms with E-state index >= 15 is 0 Å². The van der Waals surface area contributed by atoms with E-state index in [9.17, 15) is 4.79 Å². The molecule has 0 saturated carbocycles. The van der Waals surface area contributed by atoms with Gasteiger partial charge in [-0.25, -0.2) is 0 Å². The zero-order valence-electron chi connectivity index (χ0n) is 18.7. The number of nitrogens with zero attached hydrogens (tertiary/aromatic N) is 3. The molecule has 8 heteroatoms. The van der Waals surface area contributed by atoms with Crippen molar-refractivity contribution < 1.29 is 9.47 Å². The van der Waals surface area contributed by atoms with Crippen LogP contribution in [0.5, 0.6) is 11.5 Å². The van der Waals surface area contributed by atoms with Gasteiger partial charge in [-0.2, -0.15) is 9.50 Å². The highest BCUT2D eigenvalue weighted by Crippen LogP contribution is 2.29. The van der Waals surface area contributed by atoms with Crippen LogP contribution in [0.2, 0.25) is 5.02 Å². The van der Waals surface area contributed by atoms with Crippen LogP contribution in [0.4, 0.5) is 0 Å². The summed E-state index contributed by atoms with van der Waals surface area (Å²) in [5, 5.41) is 5.01. The fourth-order valence-corrected chi connectivity index (χ4v) is 4.48. The Morgan fingerprint density at radius 1 is 0.971 bits per heavy atom. The molecule has 2 heterocycles. The number of aromatic nitrogens is 3. The largest absolute Gasteiger partial charge is 0.493 e. The van der Waals surface area contributed by atoms with Gasteiger partial charge in [0, 0.05) is 5.02 Å². The van der Waals surface area contributed by atoms with E-state index in [4.69, 9.17) is 21.1 Å². The molecule has 0 unspecified atom stereocenters. The number of benzene rings is 3. The van der Waals surface area contributed by atoms with Gasteiger partial charge in [-0.05, 0) is 53.1 Å². The van der Waals surface area contributed by atoms with Crippen molar-refractivity contribution in [3.05, 3.63) is 115 Å². The summed E-state index contributed by atoms with van der Waals surface area (Å²) < 4.78 is 13.3. The molecule has 3 aromatic carbocycles. The van der Waals surface area contributed by atoms with Crippen molar-refractivity contribution >= 4 is 46.1 Å². The molecule has 35 heavy (non-hydrogen) atoms. The predicted molar refractivity (Wildman–Crippen MR) is 140 cm³/mol. The standard InChI is InChI=1S/C27H20ClN3O3S/c1-33-23-15-20(9-13-22(23)34-17-19-5-3-2-4-6-19)16-24-26(32)31-27(35-24)29-25(30-31)14-10-18-7-11-21(28)12-8-18/h2-16H,17H2,1H3/b14-10+,24-16-. The maximum absolute atomic E-state index is 12.9. The van der Waals surface area contributed by atoms with Gasteiger partial charge in [0.2, 0.25) is 4.96 Å². The highest BCUT2D eigenvalue weighted by Gasteiger charge is 2.10. The zero-order chi connectivity index (χ0) is 24.2. The van der Waals surface area contributed by atoms with E-state index in [1.54, 1.807) is 19.3 Å². The fraction of sp³-hybridized carbons (Fsp3) is 0.0741. The Morgan fingerprint density at radius 3 is 2.49 bits per heavy atom. The second kappa shape index (κ2) is 10.1. The molecule has 0 aliphatic carbocycles. The van der Waals surface area contributed by atoms with Gasteiger partial charge in [0.15, 0.2) is 17.3 Å². The first-order chi connectivity index (χ1) is 17.1. The van der Waals surface area contributed by atoms with Crippen LogP contribution >= 0.6 is 22.9 Å². The topological polar surface area (TPSA) is 65.7 Å². The van der Waals surface area contributed by atoms with Crippen molar-refractivity contribution in [2.75, 3.05) is 7.11 Å². The van der Waals surface area contributed by atoms with Gasteiger partial charge in [0.05, 0.1) is 11.6 Å². The number of halogens is 1. The molecule has 0 fully saturated rings. The maximum atomic E-state index is 12.9. The molecule has 0 bridgehead atoms. The van der Waals surface area contributed by atoms with Crippen molar-refractivity contribution in [2.24, 2.45) is 0 Å². The average molecular weight is 502 g/mol. The molecule has 6 nitrogen and oxygen atoms in total.